The number of aliphatic hydroxyl groups excluding tert-OH is 1. The van der Waals surface area contributed by atoms with Gasteiger partial charge in [-0.05, 0) is 91.1 Å². The third-order valence-electron chi connectivity index (χ3n) is 11.8. The largest absolute Gasteiger partial charge is 0.497 e. The number of aliphatic hydroxyl groups is 1. The van der Waals surface area contributed by atoms with Crippen LogP contribution in [0.2, 0.25) is 0 Å². The Labute approximate surface area is 295 Å². The zero-order chi connectivity index (χ0) is 35.2. The number of anilines is 3. The van der Waals surface area contributed by atoms with E-state index in [0.717, 1.165) is 71.7 Å². The lowest BCUT2D eigenvalue weighted by molar-refractivity contribution is -0.146. The molecular weight excluding hydrogens is 630 g/mol. The van der Waals surface area contributed by atoms with Crippen molar-refractivity contribution in [3.05, 3.63) is 83.4 Å². The average Bonchev–Trinajstić information content (AvgIpc) is 3.55. The molecule has 3 amide bonds. The van der Waals surface area contributed by atoms with Crippen molar-refractivity contribution in [1.82, 2.24) is 0 Å². The Morgan fingerprint density at radius 2 is 1.48 bits per heavy atom. The molecule has 50 heavy (non-hydrogen) atoms. The summed E-state index contributed by atoms with van der Waals surface area (Å²) in [6, 6.07) is 21.9. The molecular formula is C41H49N3O6. The molecule has 4 atom stereocenters. The molecule has 4 heterocycles. The number of ether oxygens (including phenoxy) is 2. The van der Waals surface area contributed by atoms with Crippen molar-refractivity contribution < 1.29 is 29.0 Å². The van der Waals surface area contributed by atoms with Crippen LogP contribution in [0.1, 0.15) is 82.4 Å². The SMILES string of the molecule is COc1ccc(C(C)(C)[C@H]2[C@H](CCO)O[C@@]3(C(=O)N(Cc4ccc(N5CCCCC5=O)cc4)c4ccc(N5CCCCC5=O)cc43)[C@@H]2C)cc1. The summed E-state index contributed by atoms with van der Waals surface area (Å²) in [5, 5.41) is 10.3. The fraction of sp³-hybridized carbons (Fsp3) is 0.488. The number of nitrogens with zero attached hydrogens (tertiary/aromatic N) is 3. The first-order chi connectivity index (χ1) is 24.1. The van der Waals surface area contributed by atoms with E-state index in [4.69, 9.17) is 9.47 Å². The molecule has 3 fully saturated rings. The Morgan fingerprint density at radius 1 is 0.860 bits per heavy atom. The van der Waals surface area contributed by atoms with Crippen molar-refractivity contribution in [2.75, 3.05) is 41.5 Å². The van der Waals surface area contributed by atoms with Crippen LogP contribution in [-0.4, -0.2) is 55.7 Å². The second-order valence-corrected chi connectivity index (χ2v) is 14.9. The van der Waals surface area contributed by atoms with E-state index in [2.05, 4.69) is 32.9 Å². The van der Waals surface area contributed by atoms with E-state index < -0.39 is 17.1 Å². The van der Waals surface area contributed by atoms with E-state index in [1.807, 2.05) is 69.3 Å². The summed E-state index contributed by atoms with van der Waals surface area (Å²) >= 11 is 0. The predicted molar refractivity (Wildman–Crippen MR) is 193 cm³/mol. The quantitative estimate of drug-likeness (QED) is 0.278. The fourth-order valence-electron chi connectivity index (χ4n) is 9.15. The highest BCUT2D eigenvalue weighted by molar-refractivity contribution is 6.08. The van der Waals surface area contributed by atoms with Gasteiger partial charge in [0.2, 0.25) is 11.8 Å². The van der Waals surface area contributed by atoms with Crippen LogP contribution in [0.3, 0.4) is 0 Å². The Morgan fingerprint density at radius 3 is 2.08 bits per heavy atom. The fourth-order valence-corrected chi connectivity index (χ4v) is 9.15. The van der Waals surface area contributed by atoms with Crippen molar-refractivity contribution >= 4 is 34.8 Å². The Kier molecular flexibility index (Phi) is 9.24. The normalized spacial score (nSPS) is 25.5. The van der Waals surface area contributed by atoms with Crippen molar-refractivity contribution in [3.8, 4) is 5.75 Å². The molecule has 264 valence electrons. The smallest absolute Gasteiger partial charge is 0.264 e. The maximum Gasteiger partial charge on any atom is 0.264 e. The molecule has 0 saturated carbocycles. The van der Waals surface area contributed by atoms with Gasteiger partial charge in [0.25, 0.3) is 5.91 Å². The number of carbonyl (C=O) groups excluding carboxylic acids is 3. The predicted octanol–water partition coefficient (Wildman–Crippen LogP) is 6.48. The molecule has 9 heteroatoms. The van der Waals surface area contributed by atoms with E-state index >= 15 is 4.79 Å². The second-order valence-electron chi connectivity index (χ2n) is 14.9. The van der Waals surface area contributed by atoms with Gasteiger partial charge >= 0.3 is 0 Å². The molecule has 0 aliphatic carbocycles. The molecule has 4 aliphatic heterocycles. The number of hydrogen-bond donors (Lipinski definition) is 1. The third-order valence-corrected chi connectivity index (χ3v) is 11.8. The highest BCUT2D eigenvalue weighted by Gasteiger charge is 2.66. The zero-order valence-corrected chi connectivity index (χ0v) is 29.7. The third kappa shape index (κ3) is 5.68. The van der Waals surface area contributed by atoms with E-state index in [0.29, 0.717) is 32.4 Å². The molecule has 1 spiro atoms. The summed E-state index contributed by atoms with van der Waals surface area (Å²) in [7, 11) is 1.65. The minimum Gasteiger partial charge on any atom is -0.497 e. The molecule has 0 bridgehead atoms. The van der Waals surface area contributed by atoms with Crippen LogP contribution in [0.5, 0.6) is 5.75 Å². The van der Waals surface area contributed by atoms with Gasteiger partial charge in [-0.3, -0.25) is 14.4 Å². The van der Waals surface area contributed by atoms with Crippen molar-refractivity contribution in [2.45, 2.75) is 89.4 Å². The average molecular weight is 680 g/mol. The summed E-state index contributed by atoms with van der Waals surface area (Å²) in [4.78, 5) is 46.3. The molecule has 4 aliphatic rings. The molecule has 3 aromatic rings. The zero-order valence-electron chi connectivity index (χ0n) is 29.7. The molecule has 3 aromatic carbocycles. The highest BCUT2D eigenvalue weighted by Crippen LogP contribution is 2.60. The van der Waals surface area contributed by atoms with Crippen LogP contribution in [-0.2, 0) is 36.7 Å². The molecule has 0 unspecified atom stereocenters. The van der Waals surface area contributed by atoms with Gasteiger partial charge in [-0.1, -0.05) is 45.0 Å². The number of benzene rings is 3. The second kappa shape index (κ2) is 13.5. The Balaban J connectivity index is 1.29. The highest BCUT2D eigenvalue weighted by atomic mass is 16.5. The Hall–Kier alpha value is -4.21. The number of methoxy groups -OCH3 is 1. The lowest BCUT2D eigenvalue weighted by atomic mass is 9.63. The Bertz CT molecular complexity index is 1750. The van der Waals surface area contributed by atoms with E-state index in [1.165, 1.54) is 0 Å². The molecule has 3 saturated heterocycles. The van der Waals surface area contributed by atoms with Gasteiger partial charge in [-0.25, -0.2) is 0 Å². The van der Waals surface area contributed by atoms with Crippen LogP contribution in [0.15, 0.2) is 66.7 Å². The van der Waals surface area contributed by atoms with Gasteiger partial charge in [-0.15, -0.1) is 0 Å². The number of hydrogen-bond acceptors (Lipinski definition) is 6. The molecule has 0 aromatic heterocycles. The first kappa shape index (κ1) is 34.2. The maximum atomic E-state index is 15.1. The lowest BCUT2D eigenvalue weighted by Crippen LogP contribution is -2.46. The maximum absolute atomic E-state index is 15.1. The van der Waals surface area contributed by atoms with Gasteiger partial charge in [-0.2, -0.15) is 0 Å². The van der Waals surface area contributed by atoms with Crippen LogP contribution in [0.4, 0.5) is 17.1 Å². The topological polar surface area (TPSA) is 99.6 Å². The number of carbonyl (C=O) groups is 3. The van der Waals surface area contributed by atoms with Crippen molar-refractivity contribution in [2.24, 2.45) is 11.8 Å². The van der Waals surface area contributed by atoms with E-state index in [9.17, 15) is 14.7 Å². The number of piperidine rings is 2. The number of rotatable bonds is 9. The van der Waals surface area contributed by atoms with Crippen molar-refractivity contribution in [1.29, 1.82) is 0 Å². The van der Waals surface area contributed by atoms with Crippen LogP contribution < -0.4 is 19.4 Å². The van der Waals surface area contributed by atoms with Gasteiger partial charge in [0.05, 0.1) is 25.4 Å². The van der Waals surface area contributed by atoms with Crippen LogP contribution in [0.25, 0.3) is 0 Å². The summed E-state index contributed by atoms with van der Waals surface area (Å²) in [6.45, 7) is 8.13. The van der Waals surface area contributed by atoms with Crippen LogP contribution in [0, 0.1) is 11.8 Å². The minimum atomic E-state index is -1.31. The van der Waals surface area contributed by atoms with Crippen LogP contribution >= 0.6 is 0 Å². The molecule has 0 radical (unpaired) electrons. The molecule has 1 N–H and O–H groups in total. The standard InChI is InChI=1S/C41H49N3O6/c1-27-38(40(2,3)29-13-18-32(49-4)19-14-29)35(21-24-45)50-41(27)33-25-31(43-23-8-6-10-37(43)47)17-20-34(33)44(39(41)48)26-28-11-15-30(16-12-28)42-22-7-5-9-36(42)46/h11-20,25,27,35,38,45H,5-10,21-24,26H2,1-4H3/t27-,35+,38-,41+/m1/s1. The number of amides is 3. The van der Waals surface area contributed by atoms with Crippen molar-refractivity contribution in [3.63, 3.8) is 0 Å². The summed E-state index contributed by atoms with van der Waals surface area (Å²) in [5.41, 5.74) is 3.52. The van der Waals surface area contributed by atoms with Gasteiger partial charge < -0.3 is 29.3 Å². The van der Waals surface area contributed by atoms with Gasteiger partial charge in [0.1, 0.15) is 5.75 Å². The van der Waals surface area contributed by atoms with E-state index in [-0.39, 0.29) is 36.2 Å². The lowest BCUT2D eigenvalue weighted by Gasteiger charge is -2.38. The summed E-state index contributed by atoms with van der Waals surface area (Å²) < 4.78 is 12.5. The first-order valence-electron chi connectivity index (χ1n) is 18.2. The van der Waals surface area contributed by atoms with Gasteiger partial charge in [0.15, 0.2) is 5.60 Å². The monoisotopic (exact) mass is 679 g/mol. The molecule has 9 nitrogen and oxygen atoms in total. The number of fused-ring (bicyclic) bond motifs is 2. The minimum absolute atomic E-state index is 0.0678. The van der Waals surface area contributed by atoms with E-state index in [1.54, 1.807) is 7.11 Å². The molecule has 7 rings (SSSR count). The van der Waals surface area contributed by atoms with Gasteiger partial charge in [0, 0.05) is 61.3 Å². The first-order valence-corrected chi connectivity index (χ1v) is 18.2. The summed E-state index contributed by atoms with van der Waals surface area (Å²) in [5.74, 6) is 0.488. The summed E-state index contributed by atoms with van der Waals surface area (Å²) in [6.07, 6.45) is 4.80.